The zero-order valence-corrected chi connectivity index (χ0v) is 11.8. The molecule has 0 amide bonds. The Bertz CT molecular complexity index is 365. The molecule has 1 unspecified atom stereocenters. The van der Waals surface area contributed by atoms with Crippen molar-refractivity contribution in [2.24, 2.45) is 0 Å². The molecule has 2 heterocycles. The van der Waals surface area contributed by atoms with Gasteiger partial charge in [-0.3, -0.25) is 9.69 Å². The Labute approximate surface area is 113 Å². The molecule has 0 aromatic carbocycles. The molecule has 1 saturated heterocycles. The van der Waals surface area contributed by atoms with Crippen LogP contribution in [-0.2, 0) is 4.79 Å². The monoisotopic (exact) mass is 325 g/mol. The van der Waals surface area contributed by atoms with E-state index >= 15 is 0 Å². The maximum absolute atomic E-state index is 11.2. The molecule has 90 valence electrons. The molecule has 0 bridgehead atoms. The van der Waals surface area contributed by atoms with Crippen LogP contribution in [0.1, 0.15) is 23.8 Å². The number of rotatable bonds is 3. The number of hydrogen-bond acceptors (Lipinski definition) is 3. The lowest BCUT2D eigenvalue weighted by Crippen LogP contribution is -2.31. The molecule has 0 aliphatic carbocycles. The average Bonchev–Trinajstić information content (AvgIpc) is 2.77. The molecule has 1 atom stereocenters. The number of halogens is 2. The summed E-state index contributed by atoms with van der Waals surface area (Å²) in [4.78, 5) is 14.2. The highest BCUT2D eigenvalue weighted by Gasteiger charge is 2.30. The number of carboxylic acids is 1. The van der Waals surface area contributed by atoms with Gasteiger partial charge in [-0.2, -0.15) is 0 Å². The molecule has 0 saturated carbocycles. The van der Waals surface area contributed by atoms with Crippen molar-refractivity contribution >= 4 is 45.6 Å². The Kier molecular flexibility index (Phi) is 5.24. The van der Waals surface area contributed by atoms with E-state index in [1.807, 2.05) is 16.3 Å². The summed E-state index contributed by atoms with van der Waals surface area (Å²) in [5, 5.41) is 11.2. The highest BCUT2D eigenvalue weighted by atomic mass is 79.9. The molecule has 3 nitrogen and oxygen atoms in total. The van der Waals surface area contributed by atoms with Crippen LogP contribution in [-0.4, -0.2) is 29.1 Å². The average molecular weight is 327 g/mol. The van der Waals surface area contributed by atoms with Gasteiger partial charge in [-0.1, -0.05) is 0 Å². The Morgan fingerprint density at radius 3 is 2.56 bits per heavy atom. The van der Waals surface area contributed by atoms with E-state index in [9.17, 15) is 9.90 Å². The van der Waals surface area contributed by atoms with Gasteiger partial charge in [0.05, 0.1) is 0 Å². The second-order valence-corrected chi connectivity index (χ2v) is 5.51. The number of carbonyl (C=O) groups is 1. The van der Waals surface area contributed by atoms with Crippen molar-refractivity contribution in [1.82, 2.24) is 4.90 Å². The molecule has 0 spiro atoms. The van der Waals surface area contributed by atoms with Gasteiger partial charge in [0, 0.05) is 14.7 Å². The van der Waals surface area contributed by atoms with Crippen molar-refractivity contribution in [3.8, 4) is 0 Å². The summed E-state index contributed by atoms with van der Waals surface area (Å²) in [7, 11) is 0. The van der Waals surface area contributed by atoms with Crippen LogP contribution in [0, 0.1) is 0 Å². The highest BCUT2D eigenvalue weighted by Crippen LogP contribution is 2.31. The maximum Gasteiger partial charge on any atom is 0.326 e. The van der Waals surface area contributed by atoms with Crippen LogP contribution < -0.4 is 0 Å². The van der Waals surface area contributed by atoms with E-state index in [1.165, 1.54) is 11.3 Å². The van der Waals surface area contributed by atoms with Crippen LogP contribution in [0.5, 0.6) is 0 Å². The van der Waals surface area contributed by atoms with E-state index in [0.29, 0.717) is 0 Å². The Morgan fingerprint density at radius 1 is 1.50 bits per heavy atom. The summed E-state index contributed by atoms with van der Waals surface area (Å²) in [6.45, 7) is 1.79. The number of carboxylic acid groups (broad SMARTS) is 1. The fraction of sp³-hybridized carbons (Fsp3) is 0.500. The summed E-state index contributed by atoms with van der Waals surface area (Å²) in [5.74, 6) is -0.744. The minimum atomic E-state index is -0.744. The second-order valence-electron chi connectivity index (χ2n) is 3.65. The number of nitrogens with zero attached hydrogens (tertiary/aromatic N) is 1. The molecule has 1 aromatic heterocycles. The first-order valence-electron chi connectivity index (χ1n) is 4.89. The predicted molar refractivity (Wildman–Crippen MR) is 70.5 cm³/mol. The standard InChI is InChI=1S/C10H12BrNO2S.ClH/c11-7-5-8(15-6-7)9(10(13)14)12-3-1-2-4-12;/h5-6,9H,1-4H2,(H,13,14);1H. The third-order valence-electron chi connectivity index (χ3n) is 2.60. The van der Waals surface area contributed by atoms with Gasteiger partial charge >= 0.3 is 5.97 Å². The first kappa shape index (κ1) is 14.0. The van der Waals surface area contributed by atoms with Gasteiger partial charge in [0.1, 0.15) is 6.04 Å². The topological polar surface area (TPSA) is 40.5 Å². The minimum absolute atomic E-state index is 0. The first-order valence-corrected chi connectivity index (χ1v) is 6.56. The Morgan fingerprint density at radius 2 is 2.12 bits per heavy atom. The lowest BCUT2D eigenvalue weighted by Gasteiger charge is -2.22. The lowest BCUT2D eigenvalue weighted by molar-refractivity contribution is -0.143. The van der Waals surface area contributed by atoms with Gasteiger partial charge in [-0.05, 0) is 47.9 Å². The molecular formula is C10H13BrClNO2S. The third-order valence-corrected chi connectivity index (χ3v) is 4.34. The van der Waals surface area contributed by atoms with Crippen molar-refractivity contribution in [3.63, 3.8) is 0 Å². The summed E-state index contributed by atoms with van der Waals surface area (Å²) in [5.41, 5.74) is 0. The molecule has 1 aromatic rings. The smallest absolute Gasteiger partial charge is 0.326 e. The quantitative estimate of drug-likeness (QED) is 0.927. The molecule has 1 fully saturated rings. The zero-order valence-electron chi connectivity index (χ0n) is 8.56. The van der Waals surface area contributed by atoms with E-state index in [4.69, 9.17) is 0 Å². The SMILES string of the molecule is Cl.O=C(O)C(c1cc(Br)cs1)N1CCCC1. The van der Waals surface area contributed by atoms with Crippen molar-refractivity contribution < 1.29 is 9.90 Å². The van der Waals surface area contributed by atoms with Gasteiger partial charge in [-0.15, -0.1) is 23.7 Å². The van der Waals surface area contributed by atoms with E-state index in [2.05, 4.69) is 15.9 Å². The number of likely N-dealkylation sites (tertiary alicyclic amines) is 1. The lowest BCUT2D eigenvalue weighted by atomic mass is 10.2. The number of hydrogen-bond donors (Lipinski definition) is 1. The minimum Gasteiger partial charge on any atom is -0.480 e. The summed E-state index contributed by atoms with van der Waals surface area (Å²) < 4.78 is 0.966. The van der Waals surface area contributed by atoms with Crippen LogP contribution in [0.25, 0.3) is 0 Å². The third kappa shape index (κ3) is 2.97. The van der Waals surface area contributed by atoms with Crippen molar-refractivity contribution in [3.05, 3.63) is 20.8 Å². The molecule has 6 heteroatoms. The normalized spacial score (nSPS) is 18.1. The molecular weight excluding hydrogens is 314 g/mol. The van der Waals surface area contributed by atoms with Gasteiger partial charge in [-0.25, -0.2) is 0 Å². The van der Waals surface area contributed by atoms with Crippen molar-refractivity contribution in [1.29, 1.82) is 0 Å². The van der Waals surface area contributed by atoms with Gasteiger partial charge in [0.2, 0.25) is 0 Å². The van der Waals surface area contributed by atoms with E-state index in [-0.39, 0.29) is 12.4 Å². The maximum atomic E-state index is 11.2. The summed E-state index contributed by atoms with van der Waals surface area (Å²) >= 11 is 4.86. The second kappa shape index (κ2) is 6.00. The fourth-order valence-electron chi connectivity index (χ4n) is 1.93. The highest BCUT2D eigenvalue weighted by molar-refractivity contribution is 9.10. The van der Waals surface area contributed by atoms with Crippen LogP contribution in [0.3, 0.4) is 0 Å². The van der Waals surface area contributed by atoms with E-state index < -0.39 is 12.0 Å². The van der Waals surface area contributed by atoms with Gasteiger partial charge < -0.3 is 5.11 Å². The summed E-state index contributed by atoms with van der Waals surface area (Å²) in [6, 6.07) is 1.45. The number of aliphatic carboxylic acids is 1. The molecule has 2 rings (SSSR count). The zero-order chi connectivity index (χ0) is 10.8. The van der Waals surface area contributed by atoms with Crippen molar-refractivity contribution in [2.45, 2.75) is 18.9 Å². The predicted octanol–water partition coefficient (Wildman–Crippen LogP) is 3.15. The molecule has 1 aliphatic heterocycles. The first-order chi connectivity index (χ1) is 7.18. The van der Waals surface area contributed by atoms with Crippen LogP contribution in [0.2, 0.25) is 0 Å². The van der Waals surface area contributed by atoms with Crippen molar-refractivity contribution in [2.75, 3.05) is 13.1 Å². The van der Waals surface area contributed by atoms with Crippen LogP contribution >= 0.6 is 39.7 Å². The Hall–Kier alpha value is -0.100. The fourth-order valence-corrected chi connectivity index (χ4v) is 3.50. The largest absolute Gasteiger partial charge is 0.480 e. The molecule has 16 heavy (non-hydrogen) atoms. The Balaban J connectivity index is 0.00000128. The van der Waals surface area contributed by atoms with Crippen LogP contribution in [0.15, 0.2) is 15.9 Å². The van der Waals surface area contributed by atoms with Gasteiger partial charge in [0.15, 0.2) is 0 Å². The van der Waals surface area contributed by atoms with E-state index in [0.717, 1.165) is 35.3 Å². The molecule has 1 N–H and O–H groups in total. The van der Waals surface area contributed by atoms with Crippen LogP contribution in [0.4, 0.5) is 0 Å². The van der Waals surface area contributed by atoms with Gasteiger partial charge in [0.25, 0.3) is 0 Å². The summed E-state index contributed by atoms with van der Waals surface area (Å²) in [6.07, 6.45) is 2.21. The molecule has 0 radical (unpaired) electrons. The number of thiophene rings is 1. The van der Waals surface area contributed by atoms with E-state index in [1.54, 1.807) is 0 Å². The molecule has 1 aliphatic rings.